The van der Waals surface area contributed by atoms with E-state index in [0.717, 1.165) is 5.56 Å². The zero-order valence-corrected chi connectivity index (χ0v) is 17.4. The van der Waals surface area contributed by atoms with Gasteiger partial charge < -0.3 is 20.1 Å². The number of anilines is 1. The van der Waals surface area contributed by atoms with E-state index in [-0.39, 0.29) is 18.2 Å². The molecule has 3 aromatic carbocycles. The van der Waals surface area contributed by atoms with Crippen LogP contribution >= 0.6 is 0 Å². The van der Waals surface area contributed by atoms with Gasteiger partial charge in [0, 0.05) is 18.4 Å². The highest BCUT2D eigenvalue weighted by atomic mass is 16.5. The minimum Gasteiger partial charge on any atom is -0.491 e. The molecule has 1 atom stereocenters. The standard InChI is InChI=1S/C25H26N2O4/c1-30-16-17-31-22-14-12-21(13-15-22)26-24(28)18-23(19-8-4-2-5-9-19)27-25(29)20-10-6-3-7-11-20/h2-15,23H,16-18H2,1H3,(H,26,28)(H,27,29). The van der Waals surface area contributed by atoms with Gasteiger partial charge in [-0.2, -0.15) is 0 Å². The molecule has 0 aromatic heterocycles. The smallest absolute Gasteiger partial charge is 0.251 e. The highest BCUT2D eigenvalue weighted by Crippen LogP contribution is 2.20. The number of hydrogen-bond donors (Lipinski definition) is 2. The van der Waals surface area contributed by atoms with Crippen molar-refractivity contribution < 1.29 is 19.1 Å². The van der Waals surface area contributed by atoms with E-state index in [2.05, 4.69) is 10.6 Å². The van der Waals surface area contributed by atoms with Crippen molar-refractivity contribution in [3.05, 3.63) is 96.1 Å². The predicted molar refractivity (Wildman–Crippen MR) is 120 cm³/mol. The molecular weight excluding hydrogens is 392 g/mol. The summed E-state index contributed by atoms with van der Waals surface area (Å²) >= 11 is 0. The van der Waals surface area contributed by atoms with Gasteiger partial charge in [0.05, 0.1) is 19.1 Å². The Labute approximate surface area is 182 Å². The number of ether oxygens (including phenoxy) is 2. The van der Waals surface area contributed by atoms with Gasteiger partial charge in [0.1, 0.15) is 12.4 Å². The molecule has 0 saturated heterocycles. The first-order chi connectivity index (χ1) is 15.2. The number of nitrogens with one attached hydrogen (secondary N) is 2. The van der Waals surface area contributed by atoms with Crippen molar-refractivity contribution in [3.8, 4) is 5.75 Å². The van der Waals surface area contributed by atoms with Crippen molar-refractivity contribution >= 4 is 17.5 Å². The van der Waals surface area contributed by atoms with Gasteiger partial charge in [0.2, 0.25) is 5.91 Å². The lowest BCUT2D eigenvalue weighted by molar-refractivity contribution is -0.116. The van der Waals surface area contributed by atoms with Crippen molar-refractivity contribution in [2.75, 3.05) is 25.6 Å². The first-order valence-corrected chi connectivity index (χ1v) is 10.1. The van der Waals surface area contributed by atoms with E-state index in [1.165, 1.54) is 0 Å². The van der Waals surface area contributed by atoms with Gasteiger partial charge in [-0.05, 0) is 42.0 Å². The Morgan fingerprint density at radius 2 is 1.48 bits per heavy atom. The van der Waals surface area contributed by atoms with Crippen molar-refractivity contribution in [3.63, 3.8) is 0 Å². The zero-order chi connectivity index (χ0) is 21.9. The molecule has 0 spiro atoms. The Hall–Kier alpha value is -3.64. The summed E-state index contributed by atoms with van der Waals surface area (Å²) in [7, 11) is 1.62. The number of hydrogen-bond acceptors (Lipinski definition) is 4. The van der Waals surface area contributed by atoms with Gasteiger partial charge in [-0.15, -0.1) is 0 Å². The summed E-state index contributed by atoms with van der Waals surface area (Å²) in [6.07, 6.45) is 0.106. The van der Waals surface area contributed by atoms with Crippen molar-refractivity contribution in [1.82, 2.24) is 5.32 Å². The molecule has 0 aliphatic heterocycles. The molecule has 0 radical (unpaired) electrons. The maximum Gasteiger partial charge on any atom is 0.251 e. The first-order valence-electron chi connectivity index (χ1n) is 10.1. The van der Waals surface area contributed by atoms with Gasteiger partial charge in [-0.3, -0.25) is 9.59 Å². The summed E-state index contributed by atoms with van der Waals surface area (Å²) in [4.78, 5) is 25.3. The van der Waals surface area contributed by atoms with Gasteiger partial charge in [0.25, 0.3) is 5.91 Å². The van der Waals surface area contributed by atoms with Crippen molar-refractivity contribution in [1.29, 1.82) is 0 Å². The number of benzene rings is 3. The summed E-state index contributed by atoms with van der Waals surface area (Å²) in [5.41, 5.74) is 2.07. The fourth-order valence-electron chi connectivity index (χ4n) is 3.04. The number of carbonyl (C=O) groups is 2. The predicted octanol–water partition coefficient (Wildman–Crippen LogP) is 4.21. The summed E-state index contributed by atoms with van der Waals surface area (Å²) in [5, 5.41) is 5.85. The molecule has 3 rings (SSSR count). The fraction of sp³-hybridized carbons (Fsp3) is 0.200. The van der Waals surface area contributed by atoms with Crippen LogP contribution in [0.5, 0.6) is 5.75 Å². The maximum atomic E-state index is 12.7. The lowest BCUT2D eigenvalue weighted by Crippen LogP contribution is -2.31. The molecule has 1 unspecified atom stereocenters. The van der Waals surface area contributed by atoms with Gasteiger partial charge in [0.15, 0.2) is 0 Å². The van der Waals surface area contributed by atoms with Crippen LogP contribution in [0, 0.1) is 0 Å². The van der Waals surface area contributed by atoms with Crippen LogP contribution in [0.4, 0.5) is 5.69 Å². The largest absolute Gasteiger partial charge is 0.491 e. The van der Waals surface area contributed by atoms with Crippen LogP contribution in [-0.4, -0.2) is 32.1 Å². The number of amides is 2. The van der Waals surface area contributed by atoms with Crippen LogP contribution in [0.3, 0.4) is 0 Å². The molecule has 0 saturated carbocycles. The van der Waals surface area contributed by atoms with Gasteiger partial charge in [-0.1, -0.05) is 48.5 Å². The molecule has 0 heterocycles. The SMILES string of the molecule is COCCOc1ccc(NC(=O)CC(NC(=O)c2ccccc2)c2ccccc2)cc1. The topological polar surface area (TPSA) is 76.7 Å². The Balaban J connectivity index is 1.63. The van der Waals surface area contributed by atoms with Crippen molar-refractivity contribution in [2.45, 2.75) is 12.5 Å². The summed E-state index contributed by atoms with van der Waals surface area (Å²) in [6, 6.07) is 25.1. The quantitative estimate of drug-likeness (QED) is 0.484. The maximum absolute atomic E-state index is 12.7. The molecule has 0 aliphatic carbocycles. The lowest BCUT2D eigenvalue weighted by Gasteiger charge is -2.19. The first kappa shape index (κ1) is 22.1. The fourth-order valence-corrected chi connectivity index (χ4v) is 3.04. The van der Waals surface area contributed by atoms with Crippen LogP contribution < -0.4 is 15.4 Å². The molecule has 31 heavy (non-hydrogen) atoms. The second-order valence-corrected chi connectivity index (χ2v) is 6.92. The number of carbonyl (C=O) groups excluding carboxylic acids is 2. The van der Waals surface area contributed by atoms with E-state index < -0.39 is 6.04 Å². The van der Waals surface area contributed by atoms with Crippen LogP contribution in [0.2, 0.25) is 0 Å². The van der Waals surface area contributed by atoms with Crippen LogP contribution in [0.1, 0.15) is 28.4 Å². The average Bonchev–Trinajstić information content (AvgIpc) is 2.81. The normalized spacial score (nSPS) is 11.4. The number of rotatable bonds is 10. The second kappa shape index (κ2) is 11.5. The van der Waals surface area contributed by atoms with E-state index in [1.807, 2.05) is 48.5 Å². The number of methoxy groups -OCH3 is 1. The summed E-state index contributed by atoms with van der Waals surface area (Å²) < 4.78 is 10.5. The lowest BCUT2D eigenvalue weighted by atomic mass is 10.0. The average molecular weight is 418 g/mol. The van der Waals surface area contributed by atoms with Crippen LogP contribution in [0.15, 0.2) is 84.9 Å². The van der Waals surface area contributed by atoms with E-state index in [4.69, 9.17) is 9.47 Å². The third-order valence-electron chi connectivity index (χ3n) is 4.63. The van der Waals surface area contributed by atoms with Crippen LogP contribution in [0.25, 0.3) is 0 Å². The minimum atomic E-state index is -0.453. The molecule has 6 heteroatoms. The summed E-state index contributed by atoms with van der Waals surface area (Å²) in [6.45, 7) is 0.968. The van der Waals surface area contributed by atoms with E-state index in [9.17, 15) is 9.59 Å². The molecule has 3 aromatic rings. The zero-order valence-electron chi connectivity index (χ0n) is 17.4. The second-order valence-electron chi connectivity index (χ2n) is 6.92. The highest BCUT2D eigenvalue weighted by molar-refractivity contribution is 5.95. The van der Waals surface area contributed by atoms with Crippen LogP contribution in [-0.2, 0) is 9.53 Å². The Bertz CT molecular complexity index is 960. The van der Waals surface area contributed by atoms with E-state index in [1.54, 1.807) is 43.5 Å². The molecule has 160 valence electrons. The molecule has 2 N–H and O–H groups in total. The minimum absolute atomic E-state index is 0.106. The Kier molecular flexibility index (Phi) is 8.20. The molecule has 0 fully saturated rings. The monoisotopic (exact) mass is 418 g/mol. The third kappa shape index (κ3) is 6.97. The Morgan fingerprint density at radius 1 is 0.839 bits per heavy atom. The third-order valence-corrected chi connectivity index (χ3v) is 4.63. The Morgan fingerprint density at radius 3 is 2.13 bits per heavy atom. The molecular formula is C25H26N2O4. The molecule has 6 nitrogen and oxygen atoms in total. The summed E-state index contributed by atoms with van der Waals surface area (Å²) in [5.74, 6) is 0.280. The van der Waals surface area contributed by atoms with Gasteiger partial charge in [-0.25, -0.2) is 0 Å². The molecule has 0 aliphatic rings. The van der Waals surface area contributed by atoms with Crippen molar-refractivity contribution in [2.24, 2.45) is 0 Å². The molecule has 0 bridgehead atoms. The van der Waals surface area contributed by atoms with E-state index in [0.29, 0.717) is 30.2 Å². The highest BCUT2D eigenvalue weighted by Gasteiger charge is 2.19. The van der Waals surface area contributed by atoms with Gasteiger partial charge >= 0.3 is 0 Å². The molecule has 2 amide bonds. The van der Waals surface area contributed by atoms with E-state index >= 15 is 0 Å².